The monoisotopic (exact) mass is 410 g/mol. The molecule has 0 spiro atoms. The Labute approximate surface area is 170 Å². The van der Waals surface area contributed by atoms with E-state index in [2.05, 4.69) is 16.0 Å². The first kappa shape index (κ1) is 19.4. The highest BCUT2D eigenvalue weighted by Gasteiger charge is 2.30. The third-order valence-corrected chi connectivity index (χ3v) is 6.25. The number of fused-ring (bicyclic) bond motifs is 2. The van der Waals surface area contributed by atoms with Crippen LogP contribution in [0.1, 0.15) is 28.5 Å². The highest BCUT2D eigenvalue weighted by atomic mass is 32.2. The van der Waals surface area contributed by atoms with Crippen molar-refractivity contribution in [2.24, 2.45) is 0 Å². The predicted octanol–water partition coefficient (Wildman–Crippen LogP) is 4.96. The molecule has 0 bridgehead atoms. The summed E-state index contributed by atoms with van der Waals surface area (Å²) >= 11 is 0. The van der Waals surface area contributed by atoms with Gasteiger partial charge in [0.25, 0.3) is 10.1 Å². The van der Waals surface area contributed by atoms with E-state index in [1.54, 1.807) is 18.2 Å². The fourth-order valence-electron chi connectivity index (χ4n) is 3.77. The molecule has 0 saturated carbocycles. The van der Waals surface area contributed by atoms with Crippen LogP contribution in [0.4, 0.5) is 11.4 Å². The van der Waals surface area contributed by atoms with Gasteiger partial charge in [-0.2, -0.15) is 8.42 Å². The molecule has 1 atom stereocenters. The van der Waals surface area contributed by atoms with Crippen LogP contribution in [0, 0.1) is 13.8 Å². The van der Waals surface area contributed by atoms with Crippen molar-refractivity contribution in [3.8, 4) is 11.5 Å². The van der Waals surface area contributed by atoms with Crippen LogP contribution in [0.15, 0.2) is 60.8 Å². The molecule has 7 heteroatoms. The Bertz CT molecular complexity index is 1150. The molecule has 3 aromatic rings. The minimum absolute atomic E-state index is 0.177. The summed E-state index contributed by atoms with van der Waals surface area (Å²) in [6.07, 6.45) is 1.70. The average molecular weight is 410 g/mol. The van der Waals surface area contributed by atoms with Crippen LogP contribution in [0.2, 0.25) is 0 Å². The van der Waals surface area contributed by atoms with E-state index in [1.807, 2.05) is 44.2 Å². The minimum atomic E-state index is -4.31. The summed E-state index contributed by atoms with van der Waals surface area (Å²) in [6, 6.07) is 16.8. The summed E-state index contributed by atoms with van der Waals surface area (Å²) < 4.78 is 40.1. The van der Waals surface area contributed by atoms with E-state index < -0.39 is 15.4 Å². The molecule has 1 aliphatic heterocycles. The zero-order valence-electron chi connectivity index (χ0n) is 16.2. The number of aromatic nitrogens is 1. The standard InChI is InChI=1S/C22H22N2O4S/c1-15-13-16(2)22-19(14-15)24(18-8-3-4-9-20(18)28-22)12-10-21(29(25,26)27)17-7-5-6-11-23-17/h3-9,11,13-14,21H,10,12H2,1-2H3,(H,25,26,27). The van der Waals surface area contributed by atoms with Crippen LogP contribution in [-0.4, -0.2) is 24.5 Å². The Morgan fingerprint density at radius 2 is 1.83 bits per heavy atom. The summed E-state index contributed by atoms with van der Waals surface area (Å²) in [4.78, 5) is 6.19. The second kappa shape index (κ2) is 7.50. The molecule has 6 nitrogen and oxygen atoms in total. The normalized spacial score (nSPS) is 14.0. The van der Waals surface area contributed by atoms with E-state index in [-0.39, 0.29) is 6.42 Å². The molecule has 1 unspecified atom stereocenters. The molecule has 0 aliphatic carbocycles. The van der Waals surface area contributed by atoms with Gasteiger partial charge in [0, 0.05) is 12.7 Å². The van der Waals surface area contributed by atoms with E-state index in [0.717, 1.165) is 28.3 Å². The first-order chi connectivity index (χ1) is 13.8. The Kier molecular flexibility index (Phi) is 5.02. The van der Waals surface area contributed by atoms with Gasteiger partial charge in [0.2, 0.25) is 0 Å². The summed E-state index contributed by atoms with van der Waals surface area (Å²) in [6.45, 7) is 4.38. The molecule has 0 amide bonds. The van der Waals surface area contributed by atoms with Crippen molar-refractivity contribution >= 4 is 21.5 Å². The largest absolute Gasteiger partial charge is 0.453 e. The van der Waals surface area contributed by atoms with Gasteiger partial charge in [0.1, 0.15) is 5.25 Å². The van der Waals surface area contributed by atoms with Crippen LogP contribution in [0.5, 0.6) is 11.5 Å². The summed E-state index contributed by atoms with van der Waals surface area (Å²) in [5, 5.41) is -1.10. The van der Waals surface area contributed by atoms with E-state index in [1.165, 1.54) is 6.20 Å². The average Bonchev–Trinajstić information content (AvgIpc) is 2.68. The van der Waals surface area contributed by atoms with Crippen molar-refractivity contribution in [3.63, 3.8) is 0 Å². The van der Waals surface area contributed by atoms with Gasteiger partial charge in [-0.1, -0.05) is 24.3 Å². The molecule has 0 fully saturated rings. The number of hydrogen-bond acceptors (Lipinski definition) is 5. The number of ether oxygens (including phenoxy) is 1. The molecule has 0 radical (unpaired) electrons. The van der Waals surface area contributed by atoms with Gasteiger partial charge in [0.15, 0.2) is 11.5 Å². The second-order valence-electron chi connectivity index (χ2n) is 7.20. The van der Waals surface area contributed by atoms with Crippen LogP contribution < -0.4 is 9.64 Å². The predicted molar refractivity (Wildman–Crippen MR) is 113 cm³/mol. The fourth-order valence-corrected chi connectivity index (χ4v) is 4.62. The third-order valence-electron chi connectivity index (χ3n) is 5.05. The van der Waals surface area contributed by atoms with Crippen LogP contribution >= 0.6 is 0 Å². The lowest BCUT2D eigenvalue weighted by Gasteiger charge is -2.34. The van der Waals surface area contributed by atoms with Gasteiger partial charge in [-0.25, -0.2) is 0 Å². The first-order valence-corrected chi connectivity index (χ1v) is 10.9. The third kappa shape index (κ3) is 3.83. The second-order valence-corrected chi connectivity index (χ2v) is 8.80. The van der Waals surface area contributed by atoms with Crippen LogP contribution in [0.3, 0.4) is 0 Å². The summed E-state index contributed by atoms with van der Waals surface area (Å²) in [7, 11) is -4.31. The topological polar surface area (TPSA) is 79.7 Å². The number of rotatable bonds is 5. The fraction of sp³-hybridized carbons (Fsp3) is 0.227. The maximum atomic E-state index is 12.1. The van der Waals surface area contributed by atoms with Gasteiger partial charge in [0.05, 0.1) is 17.1 Å². The highest BCUT2D eigenvalue weighted by Crippen LogP contribution is 2.48. The lowest BCUT2D eigenvalue weighted by molar-refractivity contribution is 0.458. The minimum Gasteiger partial charge on any atom is -0.453 e. The number of aryl methyl sites for hydroxylation is 2. The number of hydrogen-bond donors (Lipinski definition) is 1. The Hall–Kier alpha value is -2.90. The molecular weight excluding hydrogens is 388 g/mol. The molecule has 0 saturated heterocycles. The lowest BCUT2D eigenvalue weighted by Crippen LogP contribution is -2.26. The molecule has 2 aromatic carbocycles. The highest BCUT2D eigenvalue weighted by molar-refractivity contribution is 7.86. The molecule has 150 valence electrons. The van der Waals surface area contributed by atoms with Crippen molar-refractivity contribution in [3.05, 3.63) is 77.6 Å². The van der Waals surface area contributed by atoms with Crippen molar-refractivity contribution in [2.45, 2.75) is 25.5 Å². The van der Waals surface area contributed by atoms with E-state index >= 15 is 0 Å². The first-order valence-electron chi connectivity index (χ1n) is 9.37. The Morgan fingerprint density at radius 3 is 2.55 bits per heavy atom. The maximum absolute atomic E-state index is 12.1. The molecular formula is C22H22N2O4S. The van der Waals surface area contributed by atoms with Crippen LogP contribution in [-0.2, 0) is 10.1 Å². The molecule has 2 heterocycles. The Morgan fingerprint density at radius 1 is 1.07 bits per heavy atom. The molecule has 4 rings (SSSR count). The molecule has 1 aliphatic rings. The number of anilines is 2. The van der Waals surface area contributed by atoms with Crippen molar-refractivity contribution in [1.29, 1.82) is 0 Å². The van der Waals surface area contributed by atoms with Gasteiger partial charge in [-0.3, -0.25) is 9.54 Å². The maximum Gasteiger partial charge on any atom is 0.273 e. The van der Waals surface area contributed by atoms with Gasteiger partial charge in [-0.15, -0.1) is 0 Å². The quantitative estimate of drug-likeness (QED) is 0.599. The lowest BCUT2D eigenvalue weighted by atomic mass is 10.1. The van der Waals surface area contributed by atoms with Crippen molar-refractivity contribution < 1.29 is 17.7 Å². The van der Waals surface area contributed by atoms with E-state index in [0.29, 0.717) is 18.0 Å². The smallest absolute Gasteiger partial charge is 0.273 e. The van der Waals surface area contributed by atoms with Crippen molar-refractivity contribution in [1.82, 2.24) is 4.98 Å². The summed E-state index contributed by atoms with van der Waals surface area (Å²) in [5.41, 5.74) is 4.18. The number of pyridine rings is 1. The molecule has 1 N–H and O–H groups in total. The van der Waals surface area contributed by atoms with E-state index in [9.17, 15) is 13.0 Å². The zero-order valence-corrected chi connectivity index (χ0v) is 17.1. The Balaban J connectivity index is 1.73. The number of para-hydroxylation sites is 2. The van der Waals surface area contributed by atoms with E-state index in [4.69, 9.17) is 4.74 Å². The summed E-state index contributed by atoms with van der Waals surface area (Å²) in [5.74, 6) is 1.48. The zero-order chi connectivity index (χ0) is 20.6. The van der Waals surface area contributed by atoms with Crippen molar-refractivity contribution in [2.75, 3.05) is 11.4 Å². The van der Waals surface area contributed by atoms with Gasteiger partial charge in [-0.05, 0) is 61.7 Å². The SMILES string of the molecule is Cc1cc(C)c2c(c1)N(CCC(c1ccccn1)S(=O)(=O)O)c1ccccc1O2. The molecule has 1 aromatic heterocycles. The molecule has 29 heavy (non-hydrogen) atoms. The van der Waals surface area contributed by atoms with Gasteiger partial charge < -0.3 is 9.64 Å². The number of nitrogens with zero attached hydrogens (tertiary/aromatic N) is 2. The number of benzene rings is 2. The van der Waals surface area contributed by atoms with Gasteiger partial charge >= 0.3 is 0 Å². The van der Waals surface area contributed by atoms with Crippen LogP contribution in [0.25, 0.3) is 0 Å².